The lowest BCUT2D eigenvalue weighted by Gasteiger charge is -2.37. The van der Waals surface area contributed by atoms with Crippen LogP contribution >= 0.6 is 11.3 Å². The number of hydrogen-bond acceptors (Lipinski definition) is 7. The van der Waals surface area contributed by atoms with Gasteiger partial charge in [-0.25, -0.2) is 9.59 Å². The van der Waals surface area contributed by atoms with E-state index in [0.29, 0.717) is 17.9 Å². The van der Waals surface area contributed by atoms with Crippen molar-refractivity contribution < 1.29 is 68.9 Å². The van der Waals surface area contributed by atoms with E-state index in [1.54, 1.807) is 11.9 Å². The number of carboxylic acids is 2. The Morgan fingerprint density at radius 2 is 1.20 bits per heavy atom. The summed E-state index contributed by atoms with van der Waals surface area (Å²) < 4.78 is 102. The highest BCUT2D eigenvalue weighted by molar-refractivity contribution is 7.16. The topological polar surface area (TPSA) is 118 Å². The number of alkyl halides is 9. The van der Waals surface area contributed by atoms with Crippen LogP contribution in [0, 0.1) is 0 Å². The number of nitrogens with zero attached hydrogens (tertiary/aromatic N) is 3. The van der Waals surface area contributed by atoms with Crippen molar-refractivity contribution in [1.29, 1.82) is 0 Å². The third-order valence-electron chi connectivity index (χ3n) is 5.78. The summed E-state index contributed by atoms with van der Waals surface area (Å²) in [5.41, 5.74) is 0.954. The molecule has 0 bridgehead atoms. The molecule has 0 radical (unpaired) electrons. The number of benzene rings is 1. The van der Waals surface area contributed by atoms with Gasteiger partial charge in [-0.15, -0.1) is 11.3 Å². The molecular weight excluding hydrogens is 641 g/mol. The van der Waals surface area contributed by atoms with Crippen LogP contribution in [0.15, 0.2) is 42.5 Å². The third kappa shape index (κ3) is 12.5. The van der Waals surface area contributed by atoms with Crippen LogP contribution in [0.3, 0.4) is 0 Å². The number of hydrogen-bond donors (Lipinski definition) is 2. The molecule has 1 unspecified atom stereocenters. The molecule has 44 heavy (non-hydrogen) atoms. The molecule has 0 spiro atoms. The molecule has 246 valence electrons. The maximum Gasteiger partial charge on any atom is 0.490 e. The number of ketones is 1. The number of thiophene rings is 1. The summed E-state index contributed by atoms with van der Waals surface area (Å²) in [4.78, 5) is 48.0. The maximum atomic E-state index is 13.1. The second-order valence-electron chi connectivity index (χ2n) is 9.04. The van der Waals surface area contributed by atoms with E-state index in [1.807, 2.05) is 30.3 Å². The molecule has 1 amide bonds. The van der Waals surface area contributed by atoms with Crippen molar-refractivity contribution in [2.45, 2.75) is 24.6 Å². The van der Waals surface area contributed by atoms with Crippen LogP contribution in [0.1, 0.15) is 30.9 Å². The fourth-order valence-corrected chi connectivity index (χ4v) is 4.38. The smallest absolute Gasteiger partial charge is 0.475 e. The molecule has 2 N–H and O–H groups in total. The molecule has 2 heterocycles. The monoisotopic (exact) mass is 667 g/mol. The minimum atomic E-state index is -5.08. The lowest BCUT2D eigenvalue weighted by molar-refractivity contribution is -0.193. The third-order valence-corrected chi connectivity index (χ3v) is 6.85. The van der Waals surface area contributed by atoms with Gasteiger partial charge in [0.25, 0.3) is 11.7 Å². The molecule has 9 nitrogen and oxygen atoms in total. The largest absolute Gasteiger partial charge is 0.490 e. The molecule has 1 aliphatic rings. The van der Waals surface area contributed by atoms with Crippen LogP contribution < -0.4 is 0 Å². The molecule has 1 atom stereocenters. The summed E-state index contributed by atoms with van der Waals surface area (Å²) in [5.74, 6) is -7.84. The predicted molar refractivity (Wildman–Crippen MR) is 137 cm³/mol. The van der Waals surface area contributed by atoms with Gasteiger partial charge in [-0.3, -0.25) is 14.5 Å². The van der Waals surface area contributed by atoms with Gasteiger partial charge in [0.2, 0.25) is 0 Å². The molecule has 1 fully saturated rings. The number of carboxylic acid groups (broad SMARTS) is 2. The number of carbonyl (C=O) groups excluding carboxylic acids is 2. The molecule has 1 saturated heterocycles. The van der Waals surface area contributed by atoms with E-state index in [1.165, 1.54) is 6.07 Å². The summed E-state index contributed by atoms with van der Waals surface area (Å²) in [6.45, 7) is 4.26. The summed E-state index contributed by atoms with van der Waals surface area (Å²) in [6, 6.07) is 11.7. The van der Waals surface area contributed by atoms with E-state index >= 15 is 0 Å². The molecule has 2 aromatic rings. The van der Waals surface area contributed by atoms with Crippen molar-refractivity contribution in [3.63, 3.8) is 0 Å². The predicted octanol–water partition coefficient (Wildman–Crippen LogP) is 4.82. The number of Topliss-reactive ketones (excluding diaryl/α,β-unsaturated/α-hetero) is 1. The molecule has 1 aromatic carbocycles. The zero-order valence-electron chi connectivity index (χ0n) is 22.8. The molecule has 1 aliphatic heterocycles. The van der Waals surface area contributed by atoms with Crippen LogP contribution in [0.4, 0.5) is 39.5 Å². The normalized spacial score (nSPS) is 15.2. The average molecular weight is 668 g/mol. The van der Waals surface area contributed by atoms with E-state index in [2.05, 4.69) is 16.8 Å². The first-order valence-electron chi connectivity index (χ1n) is 12.1. The first-order chi connectivity index (χ1) is 20.1. The first-order valence-corrected chi connectivity index (χ1v) is 12.9. The Balaban J connectivity index is 0.000000574. The van der Waals surface area contributed by atoms with E-state index in [4.69, 9.17) is 19.8 Å². The van der Waals surface area contributed by atoms with Crippen molar-refractivity contribution in [2.24, 2.45) is 0 Å². The number of rotatable bonds is 6. The summed E-state index contributed by atoms with van der Waals surface area (Å²) in [7, 11) is 3.72. The highest BCUT2D eigenvalue weighted by atomic mass is 32.1. The Morgan fingerprint density at radius 3 is 1.61 bits per heavy atom. The summed E-state index contributed by atoms with van der Waals surface area (Å²) in [5, 5.41) is 14.2. The van der Waals surface area contributed by atoms with Gasteiger partial charge in [0.15, 0.2) is 0 Å². The van der Waals surface area contributed by atoms with Gasteiger partial charge in [-0.1, -0.05) is 30.3 Å². The van der Waals surface area contributed by atoms with Crippen molar-refractivity contribution in [2.75, 3.05) is 46.8 Å². The highest BCUT2D eigenvalue weighted by Gasteiger charge is 2.41. The van der Waals surface area contributed by atoms with Gasteiger partial charge in [0.1, 0.15) is 0 Å². The zero-order chi connectivity index (χ0) is 34.0. The zero-order valence-corrected chi connectivity index (χ0v) is 23.6. The Hall–Kier alpha value is -3.71. The van der Waals surface area contributed by atoms with Crippen molar-refractivity contribution in [3.05, 3.63) is 57.8 Å². The number of piperazine rings is 1. The molecule has 19 heteroatoms. The fraction of sp³-hybridized carbons (Fsp3) is 0.440. The number of likely N-dealkylation sites (N-methyl/N-ethyl adjacent to an activating group) is 2. The van der Waals surface area contributed by atoms with Gasteiger partial charge < -0.3 is 20.0 Å². The maximum absolute atomic E-state index is 13.1. The van der Waals surface area contributed by atoms with Crippen LogP contribution in [-0.2, 0) is 9.59 Å². The summed E-state index contributed by atoms with van der Waals surface area (Å²) >= 11 is 0.582. The quantitative estimate of drug-likeness (QED) is 0.333. The van der Waals surface area contributed by atoms with Crippen LogP contribution in [0.2, 0.25) is 0 Å². The molecule has 0 saturated carbocycles. The lowest BCUT2D eigenvalue weighted by Crippen LogP contribution is -2.48. The summed E-state index contributed by atoms with van der Waals surface area (Å²) in [6.07, 6.45) is -15.1. The van der Waals surface area contributed by atoms with Crippen LogP contribution in [0.25, 0.3) is 0 Å². The fourth-order valence-electron chi connectivity index (χ4n) is 3.43. The minimum Gasteiger partial charge on any atom is -0.475 e. The number of halogens is 9. The van der Waals surface area contributed by atoms with Gasteiger partial charge in [-0.05, 0) is 24.7 Å². The lowest BCUT2D eigenvalue weighted by atomic mass is 10.0. The molecule has 1 aromatic heterocycles. The Labute approximate surface area is 248 Å². The Morgan fingerprint density at radius 1 is 0.773 bits per heavy atom. The van der Waals surface area contributed by atoms with E-state index in [9.17, 15) is 49.1 Å². The number of carbonyl (C=O) groups is 4. The minimum absolute atomic E-state index is 0.115. The molecular formula is C25H26F9N3O6S. The van der Waals surface area contributed by atoms with Crippen molar-refractivity contribution in [1.82, 2.24) is 14.7 Å². The standard InChI is InChI=1S/C21H24F3N3O2S.2C2HF3O2/c1-25-10-12-27(13-11-25)14-16(15-6-4-3-5-7-15)26(2)20(29)18-9-8-17(30-18)19(28)21(22,23)24;2*3-2(4,5)1(6)7/h3-9,16H,10-14H2,1-2H3;2*(H,6,7). The van der Waals surface area contributed by atoms with Gasteiger partial charge in [0.05, 0.1) is 15.8 Å². The van der Waals surface area contributed by atoms with Gasteiger partial charge in [-0.2, -0.15) is 39.5 Å². The second-order valence-corrected chi connectivity index (χ2v) is 10.1. The van der Waals surface area contributed by atoms with Crippen molar-refractivity contribution >= 4 is 35.0 Å². The Bertz CT molecular complexity index is 1230. The van der Waals surface area contributed by atoms with Gasteiger partial charge in [0, 0.05) is 39.8 Å². The highest BCUT2D eigenvalue weighted by Crippen LogP contribution is 2.29. The van der Waals surface area contributed by atoms with E-state index < -0.39 is 47.0 Å². The average Bonchev–Trinajstić information content (AvgIpc) is 3.41. The van der Waals surface area contributed by atoms with Crippen LogP contribution in [-0.4, -0.2) is 114 Å². The first kappa shape index (κ1) is 38.3. The van der Waals surface area contributed by atoms with Gasteiger partial charge >= 0.3 is 30.5 Å². The van der Waals surface area contributed by atoms with E-state index in [-0.39, 0.29) is 10.9 Å². The molecule has 0 aliphatic carbocycles. The number of aliphatic carboxylic acids is 2. The van der Waals surface area contributed by atoms with Crippen molar-refractivity contribution in [3.8, 4) is 0 Å². The Kier molecular flexibility index (Phi) is 13.8. The second kappa shape index (κ2) is 15.8. The number of amides is 1. The molecule has 3 rings (SSSR count). The van der Waals surface area contributed by atoms with Crippen LogP contribution in [0.5, 0.6) is 0 Å². The van der Waals surface area contributed by atoms with E-state index in [0.717, 1.165) is 37.8 Å². The SMILES string of the molecule is CN1CCN(CC(c2ccccc2)N(C)C(=O)c2ccc(C(=O)C(F)(F)F)s2)CC1.O=C(O)C(F)(F)F.O=C(O)C(F)(F)F.